The van der Waals surface area contributed by atoms with Gasteiger partial charge in [-0.1, -0.05) is 23.9 Å². The summed E-state index contributed by atoms with van der Waals surface area (Å²) >= 11 is 1.61. The van der Waals surface area contributed by atoms with Gasteiger partial charge < -0.3 is 9.40 Å². The minimum absolute atomic E-state index is 0.713. The van der Waals surface area contributed by atoms with Crippen LogP contribution in [0.4, 0.5) is 0 Å². The summed E-state index contributed by atoms with van der Waals surface area (Å²) in [4.78, 5) is 7.92. The Bertz CT molecular complexity index is 892. The molecule has 1 aromatic carbocycles. The number of nitrogens with zero attached hydrogens (tertiary/aromatic N) is 4. The Morgan fingerprint density at radius 1 is 1.17 bits per heavy atom. The number of nitrogens with one attached hydrogen (secondary N) is 1. The zero-order valence-electron chi connectivity index (χ0n) is 12.6. The van der Waals surface area contributed by atoms with E-state index >= 15 is 0 Å². The van der Waals surface area contributed by atoms with Crippen molar-refractivity contribution in [2.75, 3.05) is 0 Å². The minimum atomic E-state index is 0.713. The molecule has 0 aliphatic carbocycles. The molecule has 0 unspecified atom stereocenters. The highest BCUT2D eigenvalue weighted by molar-refractivity contribution is 7.98. The number of furan rings is 1. The third-order valence-corrected chi connectivity index (χ3v) is 4.53. The van der Waals surface area contributed by atoms with Crippen LogP contribution in [0.5, 0.6) is 0 Å². The van der Waals surface area contributed by atoms with Crippen LogP contribution in [0, 0.1) is 0 Å². The molecule has 0 fully saturated rings. The molecule has 0 saturated heterocycles. The van der Waals surface area contributed by atoms with Crippen molar-refractivity contribution < 1.29 is 4.42 Å². The fourth-order valence-electron chi connectivity index (χ4n) is 2.48. The van der Waals surface area contributed by atoms with Crippen LogP contribution in [0.2, 0.25) is 0 Å². The normalized spacial score (nSPS) is 11.3. The lowest BCUT2D eigenvalue weighted by molar-refractivity contribution is 0.567. The molecule has 116 valence electrons. The lowest BCUT2D eigenvalue weighted by atomic mass is 10.3. The Kier molecular flexibility index (Phi) is 3.63. The number of H-pyrrole nitrogens is 1. The number of fused-ring (bicyclic) bond motifs is 1. The average molecular weight is 325 g/mol. The number of thioether (sulfide) groups is 1. The van der Waals surface area contributed by atoms with Gasteiger partial charge >= 0.3 is 0 Å². The van der Waals surface area contributed by atoms with Gasteiger partial charge in [-0.05, 0) is 31.2 Å². The van der Waals surface area contributed by atoms with Crippen LogP contribution in [0.25, 0.3) is 22.6 Å². The summed E-state index contributed by atoms with van der Waals surface area (Å²) in [5.74, 6) is 3.13. The maximum absolute atomic E-state index is 5.43. The number of benzene rings is 1. The van der Waals surface area contributed by atoms with Crippen LogP contribution in [0.15, 0.2) is 52.2 Å². The molecule has 0 aliphatic rings. The standard InChI is InChI=1S/C16H15N5OS/c1-2-21-15(13-8-5-9-22-13)19-20-16(21)23-10-14-17-11-6-3-4-7-12(11)18-14/h3-9H,2,10H2,1H3,(H,17,18). The number of aromatic amines is 1. The molecule has 3 aromatic heterocycles. The van der Waals surface area contributed by atoms with Crippen molar-refractivity contribution in [1.82, 2.24) is 24.7 Å². The van der Waals surface area contributed by atoms with E-state index in [1.807, 2.05) is 41.0 Å². The van der Waals surface area contributed by atoms with Gasteiger partial charge in [0.25, 0.3) is 0 Å². The Labute approximate surface area is 136 Å². The van der Waals surface area contributed by atoms with Gasteiger partial charge in [0.05, 0.1) is 23.0 Å². The van der Waals surface area contributed by atoms with E-state index in [1.165, 1.54) is 0 Å². The molecular formula is C16H15N5OS. The first kappa shape index (κ1) is 14.1. The first-order valence-electron chi connectivity index (χ1n) is 7.38. The molecule has 4 aromatic rings. The largest absolute Gasteiger partial charge is 0.461 e. The van der Waals surface area contributed by atoms with E-state index in [0.29, 0.717) is 5.75 Å². The summed E-state index contributed by atoms with van der Waals surface area (Å²) in [5.41, 5.74) is 2.03. The predicted octanol–water partition coefficient (Wildman–Crippen LogP) is 3.73. The van der Waals surface area contributed by atoms with Gasteiger partial charge in [-0.15, -0.1) is 10.2 Å². The van der Waals surface area contributed by atoms with Crippen LogP contribution in [-0.2, 0) is 12.3 Å². The van der Waals surface area contributed by atoms with Crippen molar-refractivity contribution in [3.8, 4) is 11.6 Å². The molecule has 4 rings (SSSR count). The highest BCUT2D eigenvalue weighted by Crippen LogP contribution is 2.26. The summed E-state index contributed by atoms with van der Waals surface area (Å²) in [6.45, 7) is 2.85. The van der Waals surface area contributed by atoms with Crippen molar-refractivity contribution in [3.63, 3.8) is 0 Å². The number of hydrogen-bond donors (Lipinski definition) is 1. The lowest BCUT2D eigenvalue weighted by Crippen LogP contribution is -1.99. The van der Waals surface area contributed by atoms with Gasteiger partial charge in [-0.25, -0.2) is 4.98 Å². The third kappa shape index (κ3) is 2.63. The van der Waals surface area contributed by atoms with E-state index in [4.69, 9.17) is 4.42 Å². The highest BCUT2D eigenvalue weighted by Gasteiger charge is 2.15. The maximum Gasteiger partial charge on any atom is 0.200 e. The topological polar surface area (TPSA) is 72.5 Å². The van der Waals surface area contributed by atoms with Crippen molar-refractivity contribution >= 4 is 22.8 Å². The van der Waals surface area contributed by atoms with E-state index in [1.54, 1.807) is 18.0 Å². The second-order valence-corrected chi connectivity index (χ2v) is 5.96. The fourth-order valence-corrected chi connectivity index (χ4v) is 3.35. The quantitative estimate of drug-likeness (QED) is 0.566. The van der Waals surface area contributed by atoms with E-state index in [2.05, 4.69) is 27.1 Å². The van der Waals surface area contributed by atoms with Crippen LogP contribution in [0.1, 0.15) is 12.7 Å². The van der Waals surface area contributed by atoms with Crippen molar-refractivity contribution in [2.45, 2.75) is 24.4 Å². The van der Waals surface area contributed by atoms with Crippen molar-refractivity contribution in [1.29, 1.82) is 0 Å². The maximum atomic E-state index is 5.43. The Hall–Kier alpha value is -2.54. The number of rotatable bonds is 5. The molecule has 1 N–H and O–H groups in total. The molecule has 6 nitrogen and oxygen atoms in total. The highest BCUT2D eigenvalue weighted by atomic mass is 32.2. The van der Waals surface area contributed by atoms with Gasteiger partial charge in [0.2, 0.25) is 0 Å². The van der Waals surface area contributed by atoms with E-state index < -0.39 is 0 Å². The van der Waals surface area contributed by atoms with Crippen LogP contribution < -0.4 is 0 Å². The number of hydrogen-bond acceptors (Lipinski definition) is 5. The Morgan fingerprint density at radius 3 is 2.87 bits per heavy atom. The van der Waals surface area contributed by atoms with Crippen LogP contribution in [-0.4, -0.2) is 24.7 Å². The van der Waals surface area contributed by atoms with Crippen LogP contribution >= 0.6 is 11.8 Å². The smallest absolute Gasteiger partial charge is 0.200 e. The minimum Gasteiger partial charge on any atom is -0.461 e. The molecule has 3 heterocycles. The number of imidazole rings is 1. The molecule has 23 heavy (non-hydrogen) atoms. The Morgan fingerprint density at radius 2 is 2.09 bits per heavy atom. The first-order valence-corrected chi connectivity index (χ1v) is 8.37. The molecule has 0 saturated carbocycles. The zero-order chi connectivity index (χ0) is 15.6. The van der Waals surface area contributed by atoms with Crippen molar-refractivity contribution in [3.05, 3.63) is 48.5 Å². The number of para-hydroxylation sites is 2. The summed E-state index contributed by atoms with van der Waals surface area (Å²) in [5, 5.41) is 9.40. The molecule has 0 radical (unpaired) electrons. The monoisotopic (exact) mass is 325 g/mol. The van der Waals surface area contributed by atoms with Crippen molar-refractivity contribution in [2.24, 2.45) is 0 Å². The summed E-state index contributed by atoms with van der Waals surface area (Å²) in [7, 11) is 0. The van der Waals surface area contributed by atoms with E-state index in [0.717, 1.165) is 40.1 Å². The SMILES string of the molecule is CCn1c(SCc2nc3ccccc3[nH]2)nnc1-c1ccco1. The van der Waals surface area contributed by atoms with Gasteiger partial charge in [0.15, 0.2) is 16.7 Å². The zero-order valence-corrected chi connectivity index (χ0v) is 13.4. The van der Waals surface area contributed by atoms with Crippen LogP contribution in [0.3, 0.4) is 0 Å². The number of aromatic nitrogens is 5. The van der Waals surface area contributed by atoms with Gasteiger partial charge in [-0.2, -0.15) is 0 Å². The molecule has 7 heteroatoms. The lowest BCUT2D eigenvalue weighted by Gasteiger charge is -2.04. The summed E-state index contributed by atoms with van der Waals surface area (Å²) in [6, 6.07) is 11.8. The molecular weight excluding hydrogens is 310 g/mol. The molecule has 0 amide bonds. The average Bonchev–Trinajstić information content (AvgIpc) is 3.30. The molecule has 0 atom stereocenters. The van der Waals surface area contributed by atoms with Gasteiger partial charge in [-0.3, -0.25) is 4.57 Å². The Balaban J connectivity index is 1.57. The molecule has 0 bridgehead atoms. The van der Waals surface area contributed by atoms with Gasteiger partial charge in [0.1, 0.15) is 5.82 Å². The second kappa shape index (κ2) is 5.92. The van der Waals surface area contributed by atoms with E-state index in [9.17, 15) is 0 Å². The molecule has 0 spiro atoms. The molecule has 0 aliphatic heterocycles. The van der Waals surface area contributed by atoms with Gasteiger partial charge in [0, 0.05) is 6.54 Å². The van der Waals surface area contributed by atoms with E-state index in [-0.39, 0.29) is 0 Å². The third-order valence-electron chi connectivity index (χ3n) is 3.55. The predicted molar refractivity (Wildman–Crippen MR) is 89.1 cm³/mol. The summed E-state index contributed by atoms with van der Waals surface area (Å²) < 4.78 is 7.47. The fraction of sp³-hybridized carbons (Fsp3) is 0.188. The second-order valence-electron chi connectivity index (χ2n) is 5.02. The summed E-state index contributed by atoms with van der Waals surface area (Å²) in [6.07, 6.45) is 1.64. The first-order chi connectivity index (χ1) is 11.3.